The smallest absolute Gasteiger partial charge is 0.161 e. The molecule has 2 aromatic carbocycles. The molecule has 1 aliphatic rings. The molecule has 110 valence electrons. The fourth-order valence-corrected chi connectivity index (χ4v) is 2.34. The van der Waals surface area contributed by atoms with Gasteiger partial charge in [0.2, 0.25) is 0 Å². The number of aromatic hydroxyl groups is 5. The minimum atomic E-state index is -0.385. The van der Waals surface area contributed by atoms with Crippen molar-refractivity contribution in [3.05, 3.63) is 41.5 Å². The van der Waals surface area contributed by atoms with E-state index in [4.69, 9.17) is 4.74 Å². The summed E-state index contributed by atoms with van der Waals surface area (Å²) in [4.78, 5) is 0. The lowest BCUT2D eigenvalue weighted by molar-refractivity contribution is 0.364. The molecule has 0 aliphatic carbocycles. The van der Waals surface area contributed by atoms with Gasteiger partial charge < -0.3 is 30.3 Å². The summed E-state index contributed by atoms with van der Waals surface area (Å²) >= 11 is 0. The maximum atomic E-state index is 9.75. The van der Waals surface area contributed by atoms with E-state index in [0.29, 0.717) is 17.5 Å². The van der Waals surface area contributed by atoms with Crippen LogP contribution in [0.4, 0.5) is 0 Å². The molecule has 2 atom stereocenters. The average molecular weight is 290 g/mol. The molecule has 6 heteroatoms. The summed E-state index contributed by atoms with van der Waals surface area (Å²) in [5.74, 6) is -1.23. The highest BCUT2D eigenvalue weighted by atomic mass is 16.6. The number of rotatable bonds is 3. The van der Waals surface area contributed by atoms with Gasteiger partial charge in [-0.2, -0.15) is 0 Å². The van der Waals surface area contributed by atoms with Crippen LogP contribution in [0.5, 0.6) is 28.7 Å². The van der Waals surface area contributed by atoms with Crippen molar-refractivity contribution in [1.82, 2.24) is 0 Å². The Morgan fingerprint density at radius 1 is 0.857 bits per heavy atom. The normalized spacial score (nSPS) is 20.4. The molecule has 0 aromatic heterocycles. The van der Waals surface area contributed by atoms with Crippen LogP contribution in [0, 0.1) is 0 Å². The summed E-state index contributed by atoms with van der Waals surface area (Å²) in [6, 6.07) is 6.85. The van der Waals surface area contributed by atoms with E-state index < -0.39 is 0 Å². The molecule has 2 aromatic rings. The quantitative estimate of drug-likeness (QED) is 0.335. The Hall–Kier alpha value is -2.60. The summed E-state index contributed by atoms with van der Waals surface area (Å²) in [5.41, 5.74) is 1.09. The average Bonchev–Trinajstić information content (AvgIpc) is 3.18. The number of phenols is 5. The third-order valence-corrected chi connectivity index (χ3v) is 3.49. The Kier molecular flexibility index (Phi) is 3.03. The summed E-state index contributed by atoms with van der Waals surface area (Å²) in [6.45, 7) is 0. The predicted molar refractivity (Wildman–Crippen MR) is 72.5 cm³/mol. The number of phenolic OH excluding ortho intramolecular Hbond substituents is 5. The maximum Gasteiger partial charge on any atom is 0.161 e. The fourth-order valence-electron chi connectivity index (χ4n) is 2.34. The van der Waals surface area contributed by atoms with Gasteiger partial charge >= 0.3 is 0 Å². The molecule has 0 bridgehead atoms. The first kappa shape index (κ1) is 13.4. The third-order valence-electron chi connectivity index (χ3n) is 3.49. The van der Waals surface area contributed by atoms with Gasteiger partial charge in [-0.15, -0.1) is 0 Å². The Bertz CT molecular complexity index is 697. The summed E-state index contributed by atoms with van der Waals surface area (Å²) in [7, 11) is 0. The number of hydrogen-bond acceptors (Lipinski definition) is 6. The molecule has 1 aliphatic heterocycles. The molecule has 21 heavy (non-hydrogen) atoms. The van der Waals surface area contributed by atoms with Gasteiger partial charge in [0.25, 0.3) is 0 Å². The topological polar surface area (TPSA) is 114 Å². The number of benzene rings is 2. The zero-order valence-electron chi connectivity index (χ0n) is 10.9. The van der Waals surface area contributed by atoms with Crippen LogP contribution in [0.3, 0.4) is 0 Å². The Morgan fingerprint density at radius 2 is 1.62 bits per heavy atom. The molecule has 1 fully saturated rings. The molecule has 0 spiro atoms. The lowest BCUT2D eigenvalue weighted by Crippen LogP contribution is -1.96. The van der Waals surface area contributed by atoms with Crippen molar-refractivity contribution < 1.29 is 30.3 Å². The zero-order valence-corrected chi connectivity index (χ0v) is 10.9. The van der Waals surface area contributed by atoms with Crippen LogP contribution in [-0.4, -0.2) is 31.6 Å². The first-order chi connectivity index (χ1) is 9.95. The molecule has 0 amide bonds. The second-order valence-corrected chi connectivity index (χ2v) is 5.02. The second-order valence-electron chi connectivity index (χ2n) is 5.02. The first-order valence-electron chi connectivity index (χ1n) is 6.37. The molecule has 5 N–H and O–H groups in total. The van der Waals surface area contributed by atoms with E-state index >= 15 is 0 Å². The van der Waals surface area contributed by atoms with Crippen molar-refractivity contribution in [2.75, 3.05) is 0 Å². The minimum absolute atomic E-state index is 0.139. The van der Waals surface area contributed by atoms with Crippen LogP contribution in [0.15, 0.2) is 30.3 Å². The molecule has 1 heterocycles. The SMILES string of the molecule is Oc1cc(O)c(O)c(CC2OC2c2ccc(O)c(O)c2)c1. The third kappa shape index (κ3) is 2.53. The Labute approximate surface area is 120 Å². The summed E-state index contributed by atoms with van der Waals surface area (Å²) in [6.07, 6.45) is -0.193. The number of ether oxygens (including phenoxy) is 1. The molecule has 1 saturated heterocycles. The van der Waals surface area contributed by atoms with Crippen LogP contribution in [-0.2, 0) is 11.2 Å². The molecule has 6 nitrogen and oxygen atoms in total. The number of epoxide rings is 1. The van der Waals surface area contributed by atoms with Crippen LogP contribution >= 0.6 is 0 Å². The summed E-state index contributed by atoms with van der Waals surface area (Å²) < 4.78 is 5.47. The zero-order chi connectivity index (χ0) is 15.1. The minimum Gasteiger partial charge on any atom is -0.508 e. The van der Waals surface area contributed by atoms with Crippen LogP contribution in [0.1, 0.15) is 17.2 Å². The Morgan fingerprint density at radius 3 is 2.33 bits per heavy atom. The second kappa shape index (κ2) is 4.75. The maximum absolute atomic E-state index is 9.75. The predicted octanol–water partition coefficient (Wildman–Crippen LogP) is 1.90. The monoisotopic (exact) mass is 290 g/mol. The number of hydrogen-bond donors (Lipinski definition) is 5. The van der Waals surface area contributed by atoms with Crippen molar-refractivity contribution in [3.8, 4) is 28.7 Å². The highest BCUT2D eigenvalue weighted by Gasteiger charge is 2.41. The van der Waals surface area contributed by atoms with Crippen molar-refractivity contribution in [2.24, 2.45) is 0 Å². The standard InChI is InChI=1S/C15H14O6/c16-9-3-8(14(20)12(19)6-9)5-13-15(21-13)7-1-2-10(17)11(18)4-7/h1-4,6,13,15-20H,5H2. The van der Waals surface area contributed by atoms with E-state index in [2.05, 4.69) is 0 Å². The largest absolute Gasteiger partial charge is 0.508 e. The lowest BCUT2D eigenvalue weighted by Gasteiger charge is -2.06. The van der Waals surface area contributed by atoms with Crippen LogP contribution < -0.4 is 0 Å². The fraction of sp³-hybridized carbons (Fsp3) is 0.200. The molecule has 2 unspecified atom stereocenters. The molecule has 3 rings (SSSR count). The van der Waals surface area contributed by atoms with E-state index in [0.717, 1.165) is 6.07 Å². The van der Waals surface area contributed by atoms with Gasteiger partial charge in [-0.1, -0.05) is 6.07 Å². The van der Waals surface area contributed by atoms with Crippen molar-refractivity contribution in [3.63, 3.8) is 0 Å². The van der Waals surface area contributed by atoms with Gasteiger partial charge in [0.1, 0.15) is 11.9 Å². The van der Waals surface area contributed by atoms with Crippen LogP contribution in [0.25, 0.3) is 0 Å². The van der Waals surface area contributed by atoms with Gasteiger partial charge in [-0.3, -0.25) is 0 Å². The molecular formula is C15H14O6. The van der Waals surface area contributed by atoms with E-state index in [-0.39, 0.29) is 41.0 Å². The van der Waals surface area contributed by atoms with E-state index in [1.54, 1.807) is 6.07 Å². The molecule has 0 radical (unpaired) electrons. The van der Waals surface area contributed by atoms with Crippen molar-refractivity contribution >= 4 is 0 Å². The van der Waals surface area contributed by atoms with Crippen LogP contribution in [0.2, 0.25) is 0 Å². The Balaban J connectivity index is 1.76. The van der Waals surface area contributed by atoms with E-state index in [9.17, 15) is 25.5 Å². The highest BCUT2D eigenvalue weighted by Crippen LogP contribution is 2.45. The molecule has 0 saturated carbocycles. The van der Waals surface area contributed by atoms with Gasteiger partial charge in [0, 0.05) is 18.1 Å². The van der Waals surface area contributed by atoms with Crippen molar-refractivity contribution in [2.45, 2.75) is 18.6 Å². The van der Waals surface area contributed by atoms with E-state index in [1.807, 2.05) is 0 Å². The van der Waals surface area contributed by atoms with Gasteiger partial charge in [0.05, 0.1) is 6.10 Å². The van der Waals surface area contributed by atoms with Gasteiger partial charge in [-0.05, 0) is 23.8 Å². The van der Waals surface area contributed by atoms with Gasteiger partial charge in [0.15, 0.2) is 23.0 Å². The lowest BCUT2D eigenvalue weighted by atomic mass is 10.0. The molecular weight excluding hydrogens is 276 g/mol. The van der Waals surface area contributed by atoms with Crippen molar-refractivity contribution in [1.29, 1.82) is 0 Å². The first-order valence-corrected chi connectivity index (χ1v) is 6.37. The summed E-state index contributed by atoms with van der Waals surface area (Å²) in [5, 5.41) is 47.4. The highest BCUT2D eigenvalue weighted by molar-refractivity contribution is 5.50. The van der Waals surface area contributed by atoms with Gasteiger partial charge in [-0.25, -0.2) is 0 Å². The van der Waals surface area contributed by atoms with E-state index in [1.165, 1.54) is 18.2 Å².